The van der Waals surface area contributed by atoms with Crippen LogP contribution in [-0.2, 0) is 11.2 Å². The number of ether oxygens (including phenoxy) is 1. The molecule has 4 nitrogen and oxygen atoms in total. The van der Waals surface area contributed by atoms with E-state index in [2.05, 4.69) is 0 Å². The molecule has 2 rings (SSSR count). The van der Waals surface area contributed by atoms with E-state index in [1.54, 1.807) is 35.2 Å². The highest BCUT2D eigenvalue weighted by Crippen LogP contribution is 2.31. The molecule has 0 aliphatic heterocycles. The summed E-state index contributed by atoms with van der Waals surface area (Å²) in [4.78, 5) is 14.0. The zero-order valence-electron chi connectivity index (χ0n) is 13.8. The monoisotopic (exact) mass is 352 g/mol. The average Bonchev–Trinajstić information content (AvgIpc) is 2.54. The van der Waals surface area contributed by atoms with Crippen LogP contribution in [-0.4, -0.2) is 23.9 Å². The van der Waals surface area contributed by atoms with Gasteiger partial charge in [-0.05, 0) is 37.6 Å². The van der Waals surface area contributed by atoms with Crippen LogP contribution in [0, 0.1) is 5.82 Å². The standard InChI is InChI=1S/C18H21FN2O2.ClH/c1-3-21(4-2)17(22)12-13-8-7-11-16(18(13)20)23-15-10-6-5-9-14(15)19;/h5-11H,3-4,12,20H2,1-2H3;1H. The van der Waals surface area contributed by atoms with Crippen molar-refractivity contribution in [2.45, 2.75) is 20.3 Å². The fourth-order valence-corrected chi connectivity index (χ4v) is 2.33. The number of hydrogen-bond acceptors (Lipinski definition) is 3. The number of rotatable bonds is 6. The Morgan fingerprint density at radius 3 is 2.33 bits per heavy atom. The van der Waals surface area contributed by atoms with Crippen LogP contribution in [0.1, 0.15) is 19.4 Å². The maximum atomic E-state index is 13.7. The van der Waals surface area contributed by atoms with Crippen LogP contribution in [0.5, 0.6) is 11.5 Å². The lowest BCUT2D eigenvalue weighted by Gasteiger charge is -2.19. The molecule has 0 atom stereocenters. The molecular weight excluding hydrogens is 331 g/mol. The van der Waals surface area contributed by atoms with Crippen molar-refractivity contribution in [2.24, 2.45) is 0 Å². The smallest absolute Gasteiger partial charge is 0.227 e. The van der Waals surface area contributed by atoms with Gasteiger partial charge in [-0.15, -0.1) is 12.4 Å². The number of amides is 1. The second-order valence-electron chi connectivity index (χ2n) is 5.10. The molecular formula is C18H22ClFN2O2. The largest absolute Gasteiger partial charge is 0.452 e. The maximum Gasteiger partial charge on any atom is 0.227 e. The molecule has 2 aromatic rings. The van der Waals surface area contributed by atoms with E-state index in [4.69, 9.17) is 10.5 Å². The number of hydrogen-bond donors (Lipinski definition) is 1. The third kappa shape index (κ3) is 4.61. The van der Waals surface area contributed by atoms with E-state index in [-0.39, 0.29) is 30.5 Å². The van der Waals surface area contributed by atoms with Crippen molar-refractivity contribution in [3.63, 3.8) is 0 Å². The predicted octanol–water partition coefficient (Wildman–Crippen LogP) is 4.03. The van der Waals surface area contributed by atoms with Gasteiger partial charge >= 0.3 is 0 Å². The molecule has 24 heavy (non-hydrogen) atoms. The van der Waals surface area contributed by atoms with Gasteiger partial charge in [0.05, 0.1) is 12.1 Å². The number of para-hydroxylation sites is 2. The van der Waals surface area contributed by atoms with E-state index < -0.39 is 5.82 Å². The Labute approximate surface area is 147 Å². The third-order valence-electron chi connectivity index (χ3n) is 3.67. The molecule has 0 aliphatic rings. The van der Waals surface area contributed by atoms with Gasteiger partial charge < -0.3 is 15.4 Å². The molecule has 2 aromatic carbocycles. The normalized spacial score (nSPS) is 9.96. The summed E-state index contributed by atoms with van der Waals surface area (Å²) in [5, 5.41) is 0. The third-order valence-corrected chi connectivity index (χ3v) is 3.67. The van der Waals surface area contributed by atoms with Crippen molar-refractivity contribution in [3.8, 4) is 11.5 Å². The molecule has 6 heteroatoms. The first-order valence-corrected chi connectivity index (χ1v) is 7.64. The molecule has 0 unspecified atom stereocenters. The summed E-state index contributed by atoms with van der Waals surface area (Å²) in [6.45, 7) is 5.17. The summed E-state index contributed by atoms with van der Waals surface area (Å²) in [6, 6.07) is 11.3. The van der Waals surface area contributed by atoms with Gasteiger partial charge in [0.15, 0.2) is 17.3 Å². The predicted molar refractivity (Wildman–Crippen MR) is 96.2 cm³/mol. The zero-order valence-corrected chi connectivity index (χ0v) is 14.6. The van der Waals surface area contributed by atoms with Gasteiger partial charge in [-0.1, -0.05) is 24.3 Å². The Bertz CT molecular complexity index is 690. The minimum absolute atomic E-state index is 0. The van der Waals surface area contributed by atoms with Crippen LogP contribution >= 0.6 is 12.4 Å². The number of halogens is 2. The van der Waals surface area contributed by atoms with Crippen LogP contribution in [0.3, 0.4) is 0 Å². The van der Waals surface area contributed by atoms with E-state index in [1.165, 1.54) is 12.1 Å². The van der Waals surface area contributed by atoms with Crippen LogP contribution < -0.4 is 10.5 Å². The van der Waals surface area contributed by atoms with Crippen molar-refractivity contribution in [3.05, 3.63) is 53.8 Å². The summed E-state index contributed by atoms with van der Waals surface area (Å²) in [7, 11) is 0. The van der Waals surface area contributed by atoms with Crippen molar-refractivity contribution >= 4 is 24.0 Å². The highest BCUT2D eigenvalue weighted by Gasteiger charge is 2.15. The Morgan fingerprint density at radius 1 is 1.08 bits per heavy atom. The molecule has 0 fully saturated rings. The Kier molecular flexibility index (Phi) is 7.52. The second kappa shape index (κ2) is 9.13. The van der Waals surface area contributed by atoms with Gasteiger partial charge in [0, 0.05) is 13.1 Å². The van der Waals surface area contributed by atoms with Crippen molar-refractivity contribution in [1.82, 2.24) is 4.90 Å². The molecule has 0 spiro atoms. The molecule has 130 valence electrons. The molecule has 0 bridgehead atoms. The lowest BCUT2D eigenvalue weighted by Crippen LogP contribution is -2.31. The lowest BCUT2D eigenvalue weighted by molar-refractivity contribution is -0.130. The molecule has 0 saturated heterocycles. The van der Waals surface area contributed by atoms with E-state index in [0.29, 0.717) is 30.1 Å². The first kappa shape index (κ1) is 19.8. The number of nitrogen functional groups attached to an aromatic ring is 1. The summed E-state index contributed by atoms with van der Waals surface area (Å²) in [5.74, 6) is -0.00683. The second-order valence-corrected chi connectivity index (χ2v) is 5.10. The van der Waals surface area contributed by atoms with Crippen molar-refractivity contribution < 1.29 is 13.9 Å². The van der Waals surface area contributed by atoms with Gasteiger partial charge in [-0.2, -0.15) is 0 Å². The summed E-state index contributed by atoms with van der Waals surface area (Å²) < 4.78 is 19.2. The number of benzene rings is 2. The van der Waals surface area contributed by atoms with Crippen molar-refractivity contribution in [1.29, 1.82) is 0 Å². The van der Waals surface area contributed by atoms with E-state index in [9.17, 15) is 9.18 Å². The highest BCUT2D eigenvalue weighted by molar-refractivity contribution is 5.85. The number of nitrogens with two attached hydrogens (primary N) is 1. The SMILES string of the molecule is CCN(CC)C(=O)Cc1cccc(Oc2ccccc2F)c1N.Cl. The van der Waals surface area contributed by atoms with E-state index >= 15 is 0 Å². The van der Waals surface area contributed by atoms with E-state index in [0.717, 1.165) is 0 Å². The minimum Gasteiger partial charge on any atom is -0.452 e. The number of nitrogens with zero attached hydrogens (tertiary/aromatic N) is 1. The number of likely N-dealkylation sites (N-methyl/N-ethyl adjacent to an activating group) is 1. The minimum atomic E-state index is -0.462. The van der Waals surface area contributed by atoms with Gasteiger partial charge in [-0.3, -0.25) is 4.79 Å². The quantitative estimate of drug-likeness (QED) is 0.798. The fourth-order valence-electron chi connectivity index (χ4n) is 2.33. The first-order chi connectivity index (χ1) is 11.1. The summed E-state index contributed by atoms with van der Waals surface area (Å²) in [6.07, 6.45) is 0.196. The van der Waals surface area contributed by atoms with Gasteiger partial charge in [0.1, 0.15) is 0 Å². The number of carbonyl (C=O) groups is 1. The molecule has 1 amide bonds. The van der Waals surface area contributed by atoms with Crippen molar-refractivity contribution in [2.75, 3.05) is 18.8 Å². The van der Waals surface area contributed by atoms with Crippen LogP contribution in [0.4, 0.5) is 10.1 Å². The topological polar surface area (TPSA) is 55.6 Å². The maximum absolute atomic E-state index is 13.7. The van der Waals surface area contributed by atoms with Crippen LogP contribution in [0.2, 0.25) is 0 Å². The first-order valence-electron chi connectivity index (χ1n) is 7.64. The molecule has 0 aromatic heterocycles. The summed E-state index contributed by atoms with van der Waals surface area (Å²) >= 11 is 0. The molecule has 0 radical (unpaired) electrons. The summed E-state index contributed by atoms with van der Waals surface area (Å²) in [5.41, 5.74) is 7.13. The molecule has 0 heterocycles. The Balaban J connectivity index is 0.00000288. The molecule has 0 saturated carbocycles. The van der Waals surface area contributed by atoms with E-state index in [1.807, 2.05) is 13.8 Å². The highest BCUT2D eigenvalue weighted by atomic mass is 35.5. The Morgan fingerprint density at radius 2 is 1.71 bits per heavy atom. The zero-order chi connectivity index (χ0) is 16.8. The van der Waals surface area contributed by atoms with Gasteiger partial charge in [-0.25, -0.2) is 4.39 Å². The molecule has 0 aliphatic carbocycles. The number of carbonyl (C=O) groups excluding carboxylic acids is 1. The Hall–Kier alpha value is -2.27. The fraction of sp³-hybridized carbons (Fsp3) is 0.278. The lowest BCUT2D eigenvalue weighted by atomic mass is 10.1. The van der Waals surface area contributed by atoms with Gasteiger partial charge in [0.2, 0.25) is 5.91 Å². The number of anilines is 1. The van der Waals surface area contributed by atoms with Crippen LogP contribution in [0.15, 0.2) is 42.5 Å². The van der Waals surface area contributed by atoms with Crippen LogP contribution in [0.25, 0.3) is 0 Å². The van der Waals surface area contributed by atoms with Gasteiger partial charge in [0.25, 0.3) is 0 Å². The average molecular weight is 353 g/mol. The molecule has 2 N–H and O–H groups in total.